The van der Waals surface area contributed by atoms with Crippen LogP contribution >= 0.6 is 24.8 Å². The SMILES string of the molecule is Cl.Cl.O=C(O)Cc1ccccn1. The van der Waals surface area contributed by atoms with Crippen LogP contribution in [-0.2, 0) is 11.2 Å². The second kappa shape index (κ2) is 6.88. The van der Waals surface area contributed by atoms with Gasteiger partial charge in [0.1, 0.15) is 0 Å². The summed E-state index contributed by atoms with van der Waals surface area (Å²) in [4.78, 5) is 14.0. The number of nitrogens with zero attached hydrogens (tertiary/aromatic N) is 1. The van der Waals surface area contributed by atoms with Crippen LogP contribution in [0.3, 0.4) is 0 Å². The quantitative estimate of drug-likeness (QED) is 0.805. The topological polar surface area (TPSA) is 50.2 Å². The van der Waals surface area contributed by atoms with Gasteiger partial charge in [-0.3, -0.25) is 9.78 Å². The Morgan fingerprint density at radius 3 is 2.50 bits per heavy atom. The van der Waals surface area contributed by atoms with Gasteiger partial charge in [0.2, 0.25) is 0 Å². The molecule has 5 heteroatoms. The Labute approximate surface area is 82.6 Å². The lowest BCUT2D eigenvalue weighted by atomic mass is 10.3. The van der Waals surface area contributed by atoms with E-state index in [9.17, 15) is 4.79 Å². The third-order valence-corrected chi connectivity index (χ3v) is 1.06. The van der Waals surface area contributed by atoms with E-state index in [1.165, 1.54) is 0 Å². The number of rotatable bonds is 2. The Morgan fingerprint density at radius 1 is 1.42 bits per heavy atom. The lowest BCUT2D eigenvalue weighted by Gasteiger charge is -1.91. The summed E-state index contributed by atoms with van der Waals surface area (Å²) in [6.45, 7) is 0. The molecule has 0 unspecified atom stereocenters. The number of aromatic nitrogens is 1. The normalized spacial score (nSPS) is 7.67. The van der Waals surface area contributed by atoms with E-state index in [1.807, 2.05) is 0 Å². The van der Waals surface area contributed by atoms with Gasteiger partial charge in [0.05, 0.1) is 12.1 Å². The molecule has 68 valence electrons. The molecule has 0 fully saturated rings. The molecule has 1 aromatic heterocycles. The first-order valence-electron chi connectivity index (χ1n) is 2.91. The minimum absolute atomic E-state index is 0. The summed E-state index contributed by atoms with van der Waals surface area (Å²) in [5.74, 6) is -0.848. The van der Waals surface area contributed by atoms with Crippen molar-refractivity contribution >= 4 is 30.8 Å². The van der Waals surface area contributed by atoms with Crippen molar-refractivity contribution in [1.29, 1.82) is 0 Å². The molecule has 1 heterocycles. The van der Waals surface area contributed by atoms with Crippen LogP contribution < -0.4 is 0 Å². The fourth-order valence-corrected chi connectivity index (χ4v) is 0.658. The summed E-state index contributed by atoms with van der Waals surface area (Å²) >= 11 is 0. The second-order valence-electron chi connectivity index (χ2n) is 1.89. The molecule has 3 nitrogen and oxygen atoms in total. The molecule has 0 amide bonds. The van der Waals surface area contributed by atoms with Crippen molar-refractivity contribution in [2.45, 2.75) is 6.42 Å². The van der Waals surface area contributed by atoms with Crippen LogP contribution in [0.25, 0.3) is 0 Å². The highest BCUT2D eigenvalue weighted by Gasteiger charge is 1.98. The molecule has 1 aromatic rings. The predicted octanol–water partition coefficient (Wildman–Crippen LogP) is 1.55. The lowest BCUT2D eigenvalue weighted by Crippen LogP contribution is -2.01. The van der Waals surface area contributed by atoms with E-state index in [-0.39, 0.29) is 31.2 Å². The zero-order valence-corrected chi connectivity index (χ0v) is 7.77. The zero-order chi connectivity index (χ0) is 7.40. The average Bonchev–Trinajstić information content (AvgIpc) is 1.88. The predicted molar refractivity (Wildman–Crippen MR) is 50.1 cm³/mol. The van der Waals surface area contributed by atoms with Crippen LogP contribution in [0.15, 0.2) is 24.4 Å². The zero-order valence-electron chi connectivity index (χ0n) is 6.14. The highest BCUT2D eigenvalue weighted by atomic mass is 35.5. The molecule has 0 bridgehead atoms. The summed E-state index contributed by atoms with van der Waals surface area (Å²) in [7, 11) is 0. The van der Waals surface area contributed by atoms with E-state index in [0.717, 1.165) is 0 Å². The van der Waals surface area contributed by atoms with Gasteiger partial charge in [0.15, 0.2) is 0 Å². The summed E-state index contributed by atoms with van der Waals surface area (Å²) in [6.07, 6.45) is 1.58. The molecule has 0 radical (unpaired) electrons. The minimum Gasteiger partial charge on any atom is -0.481 e. The first kappa shape index (κ1) is 13.8. The van der Waals surface area contributed by atoms with Crippen LogP contribution in [0.1, 0.15) is 5.69 Å². The number of carbonyl (C=O) groups is 1. The van der Waals surface area contributed by atoms with E-state index in [1.54, 1.807) is 24.4 Å². The van der Waals surface area contributed by atoms with Gasteiger partial charge in [0.25, 0.3) is 0 Å². The van der Waals surface area contributed by atoms with Crippen LogP contribution in [0.4, 0.5) is 0 Å². The van der Waals surface area contributed by atoms with E-state index in [0.29, 0.717) is 5.69 Å². The average molecular weight is 210 g/mol. The number of aliphatic carboxylic acids is 1. The molecule has 0 aromatic carbocycles. The molecule has 12 heavy (non-hydrogen) atoms. The van der Waals surface area contributed by atoms with Gasteiger partial charge >= 0.3 is 5.97 Å². The molecule has 0 saturated carbocycles. The smallest absolute Gasteiger partial charge is 0.309 e. The molecule has 1 rings (SSSR count). The van der Waals surface area contributed by atoms with Gasteiger partial charge in [-0.2, -0.15) is 0 Å². The van der Waals surface area contributed by atoms with Gasteiger partial charge in [0, 0.05) is 6.20 Å². The third-order valence-electron chi connectivity index (χ3n) is 1.06. The van der Waals surface area contributed by atoms with Crippen LogP contribution in [0.5, 0.6) is 0 Å². The van der Waals surface area contributed by atoms with Crippen LogP contribution in [0.2, 0.25) is 0 Å². The molecular formula is C7H9Cl2NO2. The summed E-state index contributed by atoms with van der Waals surface area (Å²) in [6, 6.07) is 5.21. The molecular weight excluding hydrogens is 201 g/mol. The molecule has 0 aliphatic carbocycles. The minimum atomic E-state index is -0.848. The first-order chi connectivity index (χ1) is 4.79. The van der Waals surface area contributed by atoms with Gasteiger partial charge in [-0.05, 0) is 12.1 Å². The molecule has 1 N–H and O–H groups in total. The van der Waals surface area contributed by atoms with Gasteiger partial charge < -0.3 is 5.11 Å². The largest absolute Gasteiger partial charge is 0.481 e. The van der Waals surface area contributed by atoms with E-state index < -0.39 is 5.97 Å². The highest BCUT2D eigenvalue weighted by Crippen LogP contribution is 1.93. The van der Waals surface area contributed by atoms with Crippen molar-refractivity contribution in [1.82, 2.24) is 4.98 Å². The Morgan fingerprint density at radius 2 is 2.08 bits per heavy atom. The Balaban J connectivity index is 0. The van der Waals surface area contributed by atoms with Crippen molar-refractivity contribution < 1.29 is 9.90 Å². The monoisotopic (exact) mass is 209 g/mol. The summed E-state index contributed by atoms with van der Waals surface area (Å²) < 4.78 is 0. The van der Waals surface area contributed by atoms with Crippen molar-refractivity contribution in [3.05, 3.63) is 30.1 Å². The maximum absolute atomic E-state index is 10.1. The van der Waals surface area contributed by atoms with Gasteiger partial charge in [-0.15, -0.1) is 24.8 Å². The summed E-state index contributed by atoms with van der Waals surface area (Å²) in [5, 5.41) is 8.33. The number of halogens is 2. The standard InChI is InChI=1S/C7H7NO2.2ClH/c9-7(10)5-6-3-1-2-4-8-6;;/h1-4H,5H2,(H,9,10);2*1H. The van der Waals surface area contributed by atoms with E-state index >= 15 is 0 Å². The maximum atomic E-state index is 10.1. The number of hydrogen-bond donors (Lipinski definition) is 1. The second-order valence-corrected chi connectivity index (χ2v) is 1.89. The molecule has 0 aliphatic rings. The van der Waals surface area contributed by atoms with Crippen molar-refractivity contribution in [3.63, 3.8) is 0 Å². The lowest BCUT2D eigenvalue weighted by molar-refractivity contribution is -0.136. The fourth-order valence-electron chi connectivity index (χ4n) is 0.658. The van der Waals surface area contributed by atoms with Gasteiger partial charge in [-0.1, -0.05) is 6.07 Å². The number of carboxylic acid groups (broad SMARTS) is 1. The Bertz CT molecular complexity index is 228. The number of pyridine rings is 1. The molecule has 0 spiro atoms. The van der Waals surface area contributed by atoms with Crippen LogP contribution in [-0.4, -0.2) is 16.1 Å². The molecule has 0 atom stereocenters. The van der Waals surface area contributed by atoms with Crippen molar-refractivity contribution in [2.24, 2.45) is 0 Å². The first-order valence-corrected chi connectivity index (χ1v) is 2.91. The highest BCUT2D eigenvalue weighted by molar-refractivity contribution is 5.85. The number of hydrogen-bond acceptors (Lipinski definition) is 2. The molecule has 0 saturated heterocycles. The molecule has 0 aliphatic heterocycles. The van der Waals surface area contributed by atoms with Gasteiger partial charge in [-0.25, -0.2) is 0 Å². The van der Waals surface area contributed by atoms with Crippen molar-refractivity contribution in [3.8, 4) is 0 Å². The van der Waals surface area contributed by atoms with Crippen LogP contribution in [0, 0.1) is 0 Å². The van der Waals surface area contributed by atoms with Crippen molar-refractivity contribution in [2.75, 3.05) is 0 Å². The maximum Gasteiger partial charge on any atom is 0.309 e. The van der Waals surface area contributed by atoms with E-state index in [4.69, 9.17) is 5.11 Å². The summed E-state index contributed by atoms with van der Waals surface area (Å²) in [5.41, 5.74) is 0.593. The fraction of sp³-hybridized carbons (Fsp3) is 0.143. The Hall–Kier alpha value is -0.800. The Kier molecular flexibility index (Phi) is 7.90. The number of carboxylic acids is 1. The third kappa shape index (κ3) is 4.93. The van der Waals surface area contributed by atoms with E-state index in [2.05, 4.69) is 4.98 Å².